The Kier molecular flexibility index (Phi) is 3.12. The second-order valence-corrected chi connectivity index (χ2v) is 4.01. The molecule has 0 saturated heterocycles. The zero-order chi connectivity index (χ0) is 11.5. The highest BCUT2D eigenvalue weighted by atomic mass is 15.3. The molecule has 1 aliphatic heterocycles. The Morgan fingerprint density at radius 3 is 3.00 bits per heavy atom. The van der Waals surface area contributed by atoms with Crippen molar-refractivity contribution in [1.29, 1.82) is 0 Å². The predicted octanol–water partition coefficient (Wildman–Crippen LogP) is 0.984. The van der Waals surface area contributed by atoms with E-state index in [1.807, 2.05) is 12.5 Å². The Morgan fingerprint density at radius 1 is 1.50 bits per heavy atom. The van der Waals surface area contributed by atoms with Crippen LogP contribution in [-0.4, -0.2) is 33.5 Å². The van der Waals surface area contributed by atoms with E-state index in [0.717, 1.165) is 26.1 Å². The van der Waals surface area contributed by atoms with Crippen LogP contribution < -0.4 is 5.73 Å². The van der Waals surface area contributed by atoms with Gasteiger partial charge in [0, 0.05) is 13.1 Å². The van der Waals surface area contributed by atoms with Gasteiger partial charge >= 0.3 is 0 Å². The standard InChI is InChI=1S/C11H19N5/c1-3-5-15-8-13-6-9(15)10-7-14-11(12)16(10)4-2/h6,8,10H,3-5,7H2,1-2H3,(H2,12,14). The molecule has 2 heterocycles. The van der Waals surface area contributed by atoms with Gasteiger partial charge in [0.1, 0.15) is 0 Å². The van der Waals surface area contributed by atoms with Gasteiger partial charge in [-0.25, -0.2) is 4.98 Å². The Bertz CT molecular complexity index is 381. The molecule has 0 spiro atoms. The van der Waals surface area contributed by atoms with Crippen LogP contribution >= 0.6 is 0 Å². The molecule has 1 aromatic heterocycles. The van der Waals surface area contributed by atoms with Crippen molar-refractivity contribution >= 4 is 5.96 Å². The fourth-order valence-electron chi connectivity index (χ4n) is 2.20. The van der Waals surface area contributed by atoms with E-state index in [4.69, 9.17) is 5.73 Å². The maximum Gasteiger partial charge on any atom is 0.191 e. The van der Waals surface area contributed by atoms with Crippen LogP contribution in [-0.2, 0) is 6.54 Å². The van der Waals surface area contributed by atoms with Crippen LogP contribution in [0, 0.1) is 0 Å². The summed E-state index contributed by atoms with van der Waals surface area (Å²) in [5, 5.41) is 0. The van der Waals surface area contributed by atoms with E-state index in [1.54, 1.807) is 0 Å². The van der Waals surface area contributed by atoms with Crippen molar-refractivity contribution in [1.82, 2.24) is 14.5 Å². The first kappa shape index (κ1) is 11.0. The largest absolute Gasteiger partial charge is 0.370 e. The zero-order valence-corrected chi connectivity index (χ0v) is 9.93. The van der Waals surface area contributed by atoms with Crippen LogP contribution in [0.4, 0.5) is 0 Å². The summed E-state index contributed by atoms with van der Waals surface area (Å²) < 4.78 is 2.20. The smallest absolute Gasteiger partial charge is 0.191 e. The number of aryl methyl sites for hydroxylation is 1. The van der Waals surface area contributed by atoms with Crippen molar-refractivity contribution in [2.75, 3.05) is 13.1 Å². The molecule has 0 fully saturated rings. The number of hydrogen-bond donors (Lipinski definition) is 1. The summed E-state index contributed by atoms with van der Waals surface area (Å²) in [6, 6.07) is 0.263. The van der Waals surface area contributed by atoms with Crippen LogP contribution in [0.15, 0.2) is 17.5 Å². The summed E-state index contributed by atoms with van der Waals surface area (Å²) >= 11 is 0. The van der Waals surface area contributed by atoms with Gasteiger partial charge in [-0.05, 0) is 13.3 Å². The third-order valence-electron chi connectivity index (χ3n) is 2.99. The molecular formula is C11H19N5. The van der Waals surface area contributed by atoms with Crippen LogP contribution in [0.25, 0.3) is 0 Å². The number of guanidine groups is 1. The van der Waals surface area contributed by atoms with Crippen LogP contribution in [0.2, 0.25) is 0 Å². The third-order valence-corrected chi connectivity index (χ3v) is 2.99. The van der Waals surface area contributed by atoms with Gasteiger partial charge in [-0.2, -0.15) is 0 Å². The summed E-state index contributed by atoms with van der Waals surface area (Å²) in [6.45, 7) is 6.90. The molecule has 2 rings (SSSR count). The lowest BCUT2D eigenvalue weighted by Crippen LogP contribution is -2.36. The number of nitrogens with zero attached hydrogens (tertiary/aromatic N) is 4. The van der Waals surface area contributed by atoms with Gasteiger partial charge in [0.2, 0.25) is 0 Å². The number of imidazole rings is 1. The van der Waals surface area contributed by atoms with E-state index in [1.165, 1.54) is 5.69 Å². The lowest BCUT2D eigenvalue weighted by atomic mass is 10.2. The molecule has 2 N–H and O–H groups in total. The van der Waals surface area contributed by atoms with Gasteiger partial charge in [-0.3, -0.25) is 4.99 Å². The highest BCUT2D eigenvalue weighted by molar-refractivity contribution is 5.80. The minimum absolute atomic E-state index is 0.263. The van der Waals surface area contributed by atoms with Crippen LogP contribution in [0.5, 0.6) is 0 Å². The number of nitrogens with two attached hydrogens (primary N) is 1. The molecule has 0 bridgehead atoms. The molecule has 0 aliphatic carbocycles. The molecule has 1 aromatic rings. The maximum atomic E-state index is 5.86. The number of rotatable bonds is 4. The molecular weight excluding hydrogens is 202 g/mol. The highest BCUT2D eigenvalue weighted by Gasteiger charge is 2.28. The Hall–Kier alpha value is -1.52. The number of hydrogen-bond acceptors (Lipinski definition) is 4. The molecule has 0 radical (unpaired) electrons. The quantitative estimate of drug-likeness (QED) is 0.824. The molecule has 88 valence electrons. The van der Waals surface area contributed by atoms with Gasteiger partial charge in [-0.15, -0.1) is 0 Å². The van der Waals surface area contributed by atoms with E-state index >= 15 is 0 Å². The minimum Gasteiger partial charge on any atom is -0.370 e. The van der Waals surface area contributed by atoms with Gasteiger partial charge in [0.15, 0.2) is 5.96 Å². The predicted molar refractivity (Wildman–Crippen MR) is 64.1 cm³/mol. The van der Waals surface area contributed by atoms with Crippen molar-refractivity contribution in [3.63, 3.8) is 0 Å². The molecule has 1 aliphatic rings. The Balaban J connectivity index is 2.21. The average molecular weight is 221 g/mol. The summed E-state index contributed by atoms with van der Waals surface area (Å²) in [7, 11) is 0. The number of aromatic nitrogens is 2. The molecule has 1 unspecified atom stereocenters. The molecule has 0 amide bonds. The summed E-state index contributed by atoms with van der Waals surface area (Å²) in [6.07, 6.45) is 4.93. The monoisotopic (exact) mass is 221 g/mol. The zero-order valence-electron chi connectivity index (χ0n) is 9.93. The van der Waals surface area contributed by atoms with E-state index < -0.39 is 0 Å². The first-order valence-corrected chi connectivity index (χ1v) is 5.84. The summed E-state index contributed by atoms with van der Waals surface area (Å²) in [4.78, 5) is 10.7. The van der Waals surface area contributed by atoms with E-state index in [2.05, 4.69) is 33.3 Å². The number of aliphatic imine (C=N–C) groups is 1. The van der Waals surface area contributed by atoms with Gasteiger partial charge in [-0.1, -0.05) is 6.92 Å². The lowest BCUT2D eigenvalue weighted by Gasteiger charge is -2.25. The first-order chi connectivity index (χ1) is 7.77. The fourth-order valence-corrected chi connectivity index (χ4v) is 2.20. The van der Waals surface area contributed by atoms with Crippen molar-refractivity contribution in [2.24, 2.45) is 10.7 Å². The average Bonchev–Trinajstić information content (AvgIpc) is 2.85. The SMILES string of the molecule is CCCn1cncc1C1CN=C(N)N1CC. The maximum absolute atomic E-state index is 5.86. The Morgan fingerprint density at radius 2 is 2.31 bits per heavy atom. The van der Waals surface area contributed by atoms with Crippen molar-refractivity contribution in [3.8, 4) is 0 Å². The number of likely N-dealkylation sites (N-methyl/N-ethyl adjacent to an activating group) is 1. The van der Waals surface area contributed by atoms with Crippen LogP contribution in [0.3, 0.4) is 0 Å². The normalized spacial score (nSPS) is 20.2. The Labute approximate surface area is 96.0 Å². The van der Waals surface area contributed by atoms with Crippen molar-refractivity contribution in [2.45, 2.75) is 32.9 Å². The second kappa shape index (κ2) is 4.55. The van der Waals surface area contributed by atoms with Crippen molar-refractivity contribution < 1.29 is 0 Å². The fraction of sp³-hybridized carbons (Fsp3) is 0.636. The summed E-state index contributed by atoms with van der Waals surface area (Å²) in [5.74, 6) is 0.650. The third kappa shape index (κ3) is 1.77. The summed E-state index contributed by atoms with van der Waals surface area (Å²) in [5.41, 5.74) is 7.07. The first-order valence-electron chi connectivity index (χ1n) is 5.84. The van der Waals surface area contributed by atoms with Crippen LogP contribution in [0.1, 0.15) is 32.0 Å². The highest BCUT2D eigenvalue weighted by Crippen LogP contribution is 2.24. The molecule has 0 saturated carbocycles. The van der Waals surface area contributed by atoms with Gasteiger partial charge in [0.25, 0.3) is 0 Å². The molecule has 16 heavy (non-hydrogen) atoms. The topological polar surface area (TPSA) is 59.4 Å². The van der Waals surface area contributed by atoms with Crippen molar-refractivity contribution in [3.05, 3.63) is 18.2 Å². The molecule has 5 heteroatoms. The molecule has 1 atom stereocenters. The lowest BCUT2D eigenvalue weighted by molar-refractivity contribution is 0.347. The molecule has 0 aromatic carbocycles. The molecule has 5 nitrogen and oxygen atoms in total. The van der Waals surface area contributed by atoms with Gasteiger partial charge in [0.05, 0.1) is 30.8 Å². The van der Waals surface area contributed by atoms with Gasteiger partial charge < -0.3 is 15.2 Å². The minimum atomic E-state index is 0.263. The second-order valence-electron chi connectivity index (χ2n) is 4.01. The van der Waals surface area contributed by atoms with E-state index in [0.29, 0.717) is 5.96 Å². The van der Waals surface area contributed by atoms with E-state index in [-0.39, 0.29) is 6.04 Å². The van der Waals surface area contributed by atoms with E-state index in [9.17, 15) is 0 Å².